The van der Waals surface area contributed by atoms with Gasteiger partial charge in [0.25, 0.3) is 0 Å². The molecule has 0 unspecified atom stereocenters. The van der Waals surface area contributed by atoms with Crippen LogP contribution in [0.3, 0.4) is 0 Å². The number of methoxy groups -OCH3 is 1. The largest absolute Gasteiger partial charge is 0.495 e. The molecule has 1 N–H and O–H groups in total. The van der Waals surface area contributed by atoms with Crippen LogP contribution >= 0.6 is 0 Å². The number of hydrogen-bond donors (Lipinski definition) is 1. The van der Waals surface area contributed by atoms with Gasteiger partial charge >= 0.3 is 0 Å². The Bertz CT molecular complexity index is 377. The van der Waals surface area contributed by atoms with E-state index >= 15 is 0 Å². The third-order valence-electron chi connectivity index (χ3n) is 2.71. The predicted molar refractivity (Wildman–Crippen MR) is 69.4 cm³/mol. The molecule has 0 bridgehead atoms. The fraction of sp³-hybridized carbons (Fsp3) is 0.462. The van der Waals surface area contributed by atoms with Crippen LogP contribution in [-0.4, -0.2) is 37.6 Å². The van der Waals surface area contributed by atoms with Crippen molar-refractivity contribution in [3.63, 3.8) is 0 Å². The maximum Gasteiger partial charge on any atom is 0.241 e. The number of likely N-dealkylation sites (N-methyl/N-ethyl adjacent to an activating group) is 1. The SMILES string of the molecule is COc1ccccc1NCC(=O)N(C)C(C)C. The van der Waals surface area contributed by atoms with Crippen LogP contribution in [0, 0.1) is 0 Å². The highest BCUT2D eigenvalue weighted by molar-refractivity contribution is 5.81. The number of benzene rings is 1. The third kappa shape index (κ3) is 3.66. The smallest absolute Gasteiger partial charge is 0.241 e. The van der Waals surface area contributed by atoms with E-state index in [-0.39, 0.29) is 18.5 Å². The summed E-state index contributed by atoms with van der Waals surface area (Å²) < 4.78 is 5.20. The summed E-state index contributed by atoms with van der Waals surface area (Å²) in [7, 11) is 3.42. The van der Waals surface area contributed by atoms with Gasteiger partial charge in [0.15, 0.2) is 0 Å². The first kappa shape index (κ1) is 13.4. The number of ether oxygens (including phenoxy) is 1. The molecule has 0 heterocycles. The standard InChI is InChI=1S/C13H20N2O2/c1-10(2)15(3)13(16)9-14-11-7-5-6-8-12(11)17-4/h5-8,10,14H,9H2,1-4H3. The molecular weight excluding hydrogens is 216 g/mol. The van der Waals surface area contributed by atoms with Crippen molar-refractivity contribution in [2.75, 3.05) is 26.0 Å². The maximum atomic E-state index is 11.8. The van der Waals surface area contributed by atoms with Crippen LogP contribution in [0.15, 0.2) is 24.3 Å². The summed E-state index contributed by atoms with van der Waals surface area (Å²) in [6.07, 6.45) is 0. The van der Waals surface area contributed by atoms with Crippen molar-refractivity contribution in [2.24, 2.45) is 0 Å². The number of anilines is 1. The summed E-state index contributed by atoms with van der Waals surface area (Å²) in [5, 5.41) is 3.08. The number of nitrogens with zero attached hydrogens (tertiary/aromatic N) is 1. The second-order valence-corrected chi connectivity index (χ2v) is 4.15. The Balaban J connectivity index is 2.58. The number of rotatable bonds is 5. The minimum absolute atomic E-state index is 0.0610. The third-order valence-corrected chi connectivity index (χ3v) is 2.71. The molecular formula is C13H20N2O2. The molecule has 0 aliphatic carbocycles. The molecule has 4 nitrogen and oxygen atoms in total. The van der Waals surface area contributed by atoms with E-state index in [1.165, 1.54) is 0 Å². The molecule has 0 radical (unpaired) electrons. The van der Waals surface area contributed by atoms with Crippen molar-refractivity contribution in [3.05, 3.63) is 24.3 Å². The molecule has 1 amide bonds. The molecule has 0 saturated carbocycles. The summed E-state index contributed by atoms with van der Waals surface area (Å²) in [6.45, 7) is 4.25. The Kier molecular flexibility index (Phi) is 4.82. The zero-order valence-corrected chi connectivity index (χ0v) is 10.9. The van der Waals surface area contributed by atoms with E-state index in [0.29, 0.717) is 0 Å². The average molecular weight is 236 g/mol. The van der Waals surface area contributed by atoms with Gasteiger partial charge in [-0.25, -0.2) is 0 Å². The second-order valence-electron chi connectivity index (χ2n) is 4.15. The van der Waals surface area contributed by atoms with Crippen molar-refractivity contribution < 1.29 is 9.53 Å². The second kappa shape index (κ2) is 6.13. The first-order valence-corrected chi connectivity index (χ1v) is 5.68. The van der Waals surface area contributed by atoms with E-state index in [4.69, 9.17) is 4.74 Å². The van der Waals surface area contributed by atoms with Crippen molar-refractivity contribution >= 4 is 11.6 Å². The molecule has 4 heteroatoms. The molecule has 0 saturated heterocycles. The lowest BCUT2D eigenvalue weighted by molar-refractivity contribution is -0.129. The Labute approximate surface area is 103 Å². The Morgan fingerprint density at radius 1 is 1.41 bits per heavy atom. The van der Waals surface area contributed by atoms with Crippen molar-refractivity contribution in [1.82, 2.24) is 4.90 Å². The minimum Gasteiger partial charge on any atom is -0.495 e. The van der Waals surface area contributed by atoms with Gasteiger partial charge in [0, 0.05) is 13.1 Å². The van der Waals surface area contributed by atoms with Gasteiger partial charge in [-0.15, -0.1) is 0 Å². The van der Waals surface area contributed by atoms with Gasteiger partial charge in [-0.1, -0.05) is 12.1 Å². The first-order chi connectivity index (χ1) is 8.06. The molecule has 0 aliphatic rings. The van der Waals surface area contributed by atoms with Crippen LogP contribution in [0.4, 0.5) is 5.69 Å². The topological polar surface area (TPSA) is 41.6 Å². The van der Waals surface area contributed by atoms with Crippen LogP contribution < -0.4 is 10.1 Å². The molecule has 1 aromatic rings. The highest BCUT2D eigenvalue weighted by Gasteiger charge is 2.11. The van der Waals surface area contributed by atoms with Gasteiger partial charge in [0.1, 0.15) is 5.75 Å². The number of nitrogens with one attached hydrogen (secondary N) is 1. The number of amides is 1. The van der Waals surface area contributed by atoms with Crippen molar-refractivity contribution in [3.8, 4) is 5.75 Å². The molecule has 94 valence electrons. The number of para-hydroxylation sites is 2. The van der Waals surface area contributed by atoms with Crippen LogP contribution in [0.2, 0.25) is 0 Å². The van der Waals surface area contributed by atoms with E-state index in [1.807, 2.05) is 38.1 Å². The zero-order chi connectivity index (χ0) is 12.8. The molecule has 0 atom stereocenters. The van der Waals surface area contributed by atoms with E-state index in [1.54, 1.807) is 19.1 Å². The van der Waals surface area contributed by atoms with Gasteiger partial charge in [0.05, 0.1) is 19.3 Å². The summed E-state index contributed by atoms with van der Waals surface area (Å²) in [5.74, 6) is 0.804. The van der Waals surface area contributed by atoms with E-state index in [2.05, 4.69) is 5.32 Å². The average Bonchev–Trinajstić information content (AvgIpc) is 2.35. The summed E-state index contributed by atoms with van der Waals surface area (Å²) >= 11 is 0. The van der Waals surface area contributed by atoms with E-state index < -0.39 is 0 Å². The number of carbonyl (C=O) groups is 1. The number of hydrogen-bond acceptors (Lipinski definition) is 3. The van der Waals surface area contributed by atoms with Crippen LogP contribution in [0.5, 0.6) is 5.75 Å². The lowest BCUT2D eigenvalue weighted by atomic mass is 10.3. The lowest BCUT2D eigenvalue weighted by Crippen LogP contribution is -2.37. The van der Waals surface area contributed by atoms with Gasteiger partial charge in [-0.3, -0.25) is 4.79 Å². The van der Waals surface area contributed by atoms with Gasteiger partial charge < -0.3 is 15.0 Å². The Morgan fingerprint density at radius 3 is 2.65 bits per heavy atom. The molecule has 0 aliphatic heterocycles. The van der Waals surface area contributed by atoms with E-state index in [0.717, 1.165) is 11.4 Å². The summed E-state index contributed by atoms with van der Waals surface area (Å²) in [4.78, 5) is 13.5. The fourth-order valence-corrected chi connectivity index (χ4v) is 1.37. The molecule has 17 heavy (non-hydrogen) atoms. The maximum absolute atomic E-state index is 11.8. The first-order valence-electron chi connectivity index (χ1n) is 5.68. The lowest BCUT2D eigenvalue weighted by Gasteiger charge is -2.22. The summed E-state index contributed by atoms with van der Waals surface area (Å²) in [5.41, 5.74) is 0.834. The van der Waals surface area contributed by atoms with Crippen molar-refractivity contribution in [2.45, 2.75) is 19.9 Å². The molecule has 0 aromatic heterocycles. The highest BCUT2D eigenvalue weighted by Crippen LogP contribution is 2.22. The molecule has 1 rings (SSSR count). The summed E-state index contributed by atoms with van der Waals surface area (Å²) in [6, 6.07) is 7.76. The monoisotopic (exact) mass is 236 g/mol. The molecule has 0 spiro atoms. The normalized spacial score (nSPS) is 10.2. The van der Waals surface area contributed by atoms with Crippen molar-refractivity contribution in [1.29, 1.82) is 0 Å². The van der Waals surface area contributed by atoms with Crippen LogP contribution in [0.25, 0.3) is 0 Å². The van der Waals surface area contributed by atoms with E-state index in [9.17, 15) is 4.79 Å². The predicted octanol–water partition coefficient (Wildman–Crippen LogP) is 1.97. The molecule has 1 aromatic carbocycles. The highest BCUT2D eigenvalue weighted by atomic mass is 16.5. The van der Waals surface area contributed by atoms with Crippen LogP contribution in [-0.2, 0) is 4.79 Å². The van der Waals surface area contributed by atoms with Gasteiger partial charge in [0.2, 0.25) is 5.91 Å². The fourth-order valence-electron chi connectivity index (χ4n) is 1.37. The minimum atomic E-state index is 0.0610. The quantitative estimate of drug-likeness (QED) is 0.850. The number of carbonyl (C=O) groups excluding carboxylic acids is 1. The zero-order valence-electron chi connectivity index (χ0n) is 10.9. The van der Waals surface area contributed by atoms with Gasteiger partial charge in [-0.05, 0) is 26.0 Å². The Hall–Kier alpha value is -1.71. The van der Waals surface area contributed by atoms with Gasteiger partial charge in [-0.2, -0.15) is 0 Å². The Morgan fingerprint density at radius 2 is 2.06 bits per heavy atom. The van der Waals surface area contributed by atoms with Crippen LogP contribution in [0.1, 0.15) is 13.8 Å². The molecule has 0 fully saturated rings.